The highest BCUT2D eigenvalue weighted by molar-refractivity contribution is 5.06. The molecule has 0 heterocycles. The van der Waals surface area contributed by atoms with E-state index in [4.69, 9.17) is 0 Å². The highest BCUT2D eigenvalue weighted by atomic mass is 14.5. The van der Waals surface area contributed by atoms with E-state index in [1.54, 1.807) is 6.42 Å². The molecule has 0 spiro atoms. The third-order valence-electron chi connectivity index (χ3n) is 9.53. The second kappa shape index (κ2) is 12.5. The van der Waals surface area contributed by atoms with Crippen molar-refractivity contribution in [2.24, 2.45) is 35.0 Å². The first-order valence-electron chi connectivity index (χ1n) is 14.1. The van der Waals surface area contributed by atoms with Crippen molar-refractivity contribution < 1.29 is 0 Å². The summed E-state index contributed by atoms with van der Waals surface area (Å²) in [5.41, 5.74) is 0.0376. The smallest absolute Gasteiger partial charge is 0.0689 e. The predicted molar refractivity (Wildman–Crippen MR) is 129 cm³/mol. The van der Waals surface area contributed by atoms with Crippen molar-refractivity contribution >= 4 is 0 Å². The fraction of sp³-hybridized carbons (Fsp3) is 0.966. The lowest BCUT2D eigenvalue weighted by Crippen LogP contribution is -2.44. The molecule has 0 amide bonds. The van der Waals surface area contributed by atoms with Crippen molar-refractivity contribution in [1.29, 1.82) is 5.26 Å². The van der Waals surface area contributed by atoms with Crippen molar-refractivity contribution in [2.75, 3.05) is 0 Å². The standard InChI is InChI=1S/C29H51N/c1-3-5-7-9-11-13-24-14-17-27-25(21-24)15-16-26-22-29(23-30,20-18-28(26)27)19-12-10-8-6-4-2/h24-28H,3-22H2,1-2H3. The Balaban J connectivity index is 1.43. The van der Waals surface area contributed by atoms with E-state index in [0.717, 1.165) is 29.6 Å². The lowest BCUT2D eigenvalue weighted by atomic mass is 9.52. The van der Waals surface area contributed by atoms with Crippen LogP contribution in [0.25, 0.3) is 0 Å². The van der Waals surface area contributed by atoms with Crippen LogP contribution in [0, 0.1) is 46.3 Å². The topological polar surface area (TPSA) is 23.8 Å². The first kappa shape index (κ1) is 24.1. The molecule has 1 heteroatoms. The number of nitrogens with zero attached hydrogens (tertiary/aromatic N) is 1. The first-order valence-corrected chi connectivity index (χ1v) is 14.1. The zero-order valence-corrected chi connectivity index (χ0v) is 20.5. The van der Waals surface area contributed by atoms with Crippen LogP contribution in [-0.4, -0.2) is 0 Å². The van der Waals surface area contributed by atoms with Crippen LogP contribution in [0.1, 0.15) is 142 Å². The molecule has 1 nitrogen and oxygen atoms in total. The van der Waals surface area contributed by atoms with Gasteiger partial charge in [0.15, 0.2) is 0 Å². The minimum absolute atomic E-state index is 0.0376. The first-order chi connectivity index (χ1) is 14.7. The molecule has 172 valence electrons. The van der Waals surface area contributed by atoms with Crippen LogP contribution in [0.15, 0.2) is 0 Å². The highest BCUT2D eigenvalue weighted by Gasteiger charge is 2.48. The van der Waals surface area contributed by atoms with Crippen molar-refractivity contribution in [3.8, 4) is 6.07 Å². The molecule has 0 saturated heterocycles. The Morgan fingerprint density at radius 2 is 1.40 bits per heavy atom. The molecule has 0 aliphatic heterocycles. The van der Waals surface area contributed by atoms with Crippen LogP contribution in [0.5, 0.6) is 0 Å². The number of unbranched alkanes of at least 4 members (excludes halogenated alkanes) is 8. The molecule has 0 radical (unpaired) electrons. The molecule has 3 fully saturated rings. The van der Waals surface area contributed by atoms with Crippen molar-refractivity contribution in [1.82, 2.24) is 0 Å². The van der Waals surface area contributed by atoms with Crippen molar-refractivity contribution in [3.63, 3.8) is 0 Å². The monoisotopic (exact) mass is 413 g/mol. The second-order valence-electron chi connectivity index (χ2n) is 11.6. The number of hydrogen-bond donors (Lipinski definition) is 0. The van der Waals surface area contributed by atoms with E-state index in [1.807, 2.05) is 0 Å². The molecule has 3 aliphatic carbocycles. The van der Waals surface area contributed by atoms with Gasteiger partial charge >= 0.3 is 0 Å². The molecule has 0 aromatic heterocycles. The summed E-state index contributed by atoms with van der Waals surface area (Å²) in [6.45, 7) is 4.60. The van der Waals surface area contributed by atoms with Crippen LogP contribution < -0.4 is 0 Å². The molecule has 0 aromatic rings. The average Bonchev–Trinajstić information content (AvgIpc) is 2.78. The van der Waals surface area contributed by atoms with E-state index < -0.39 is 0 Å². The molecule has 0 N–H and O–H groups in total. The van der Waals surface area contributed by atoms with Gasteiger partial charge in [-0.15, -0.1) is 0 Å². The fourth-order valence-corrected chi connectivity index (χ4v) is 7.77. The van der Waals surface area contributed by atoms with Gasteiger partial charge in [0.1, 0.15) is 0 Å². The molecule has 6 atom stereocenters. The third kappa shape index (κ3) is 6.50. The normalized spacial score (nSPS) is 36.0. The molecule has 0 aromatic carbocycles. The summed E-state index contributed by atoms with van der Waals surface area (Å²) in [6.07, 6.45) is 27.9. The SMILES string of the molecule is CCCCCCCC1CCC2C(CCC3CC(C#N)(CCCCCCC)CCC32)C1. The summed E-state index contributed by atoms with van der Waals surface area (Å²) in [6, 6.07) is 2.86. The largest absolute Gasteiger partial charge is 0.198 e. The molecular formula is C29H51N. The number of hydrogen-bond acceptors (Lipinski definition) is 1. The van der Waals surface area contributed by atoms with E-state index in [2.05, 4.69) is 19.9 Å². The number of rotatable bonds is 12. The van der Waals surface area contributed by atoms with Gasteiger partial charge in [0.05, 0.1) is 11.5 Å². The van der Waals surface area contributed by atoms with Gasteiger partial charge in [-0.1, -0.05) is 90.9 Å². The van der Waals surface area contributed by atoms with Crippen molar-refractivity contribution in [2.45, 2.75) is 142 Å². The zero-order valence-electron chi connectivity index (χ0n) is 20.5. The summed E-state index contributed by atoms with van der Waals surface area (Å²) >= 11 is 0. The minimum Gasteiger partial charge on any atom is -0.198 e. The fourth-order valence-electron chi connectivity index (χ4n) is 7.77. The van der Waals surface area contributed by atoms with E-state index >= 15 is 0 Å². The molecule has 0 bridgehead atoms. The van der Waals surface area contributed by atoms with E-state index in [0.29, 0.717) is 0 Å². The van der Waals surface area contributed by atoms with Crippen LogP contribution in [-0.2, 0) is 0 Å². The molecule has 3 saturated carbocycles. The second-order valence-corrected chi connectivity index (χ2v) is 11.6. The van der Waals surface area contributed by atoms with Crippen LogP contribution in [0.2, 0.25) is 0 Å². The van der Waals surface area contributed by atoms with Gasteiger partial charge in [0.25, 0.3) is 0 Å². The quantitative estimate of drug-likeness (QED) is 0.292. The maximum Gasteiger partial charge on any atom is 0.0689 e. The molecule has 3 aliphatic rings. The van der Waals surface area contributed by atoms with Gasteiger partial charge in [0.2, 0.25) is 0 Å². The summed E-state index contributed by atoms with van der Waals surface area (Å²) in [4.78, 5) is 0. The Morgan fingerprint density at radius 3 is 2.13 bits per heavy atom. The van der Waals surface area contributed by atoms with Crippen LogP contribution in [0.3, 0.4) is 0 Å². The summed E-state index contributed by atoms with van der Waals surface area (Å²) in [5, 5.41) is 10.1. The Hall–Kier alpha value is -0.510. The van der Waals surface area contributed by atoms with E-state index in [1.165, 1.54) is 122 Å². The van der Waals surface area contributed by atoms with Crippen molar-refractivity contribution in [3.05, 3.63) is 0 Å². The maximum absolute atomic E-state index is 10.1. The number of nitriles is 1. The Labute approximate surface area is 188 Å². The van der Waals surface area contributed by atoms with Crippen LogP contribution in [0.4, 0.5) is 0 Å². The summed E-state index contributed by atoms with van der Waals surface area (Å²) in [5.74, 6) is 4.93. The molecule has 3 rings (SSSR count). The number of fused-ring (bicyclic) bond motifs is 3. The van der Waals surface area contributed by atoms with Gasteiger partial charge in [0, 0.05) is 0 Å². The summed E-state index contributed by atoms with van der Waals surface area (Å²) < 4.78 is 0. The molecule has 6 unspecified atom stereocenters. The summed E-state index contributed by atoms with van der Waals surface area (Å²) in [7, 11) is 0. The Bertz CT molecular complexity index is 519. The highest BCUT2D eigenvalue weighted by Crippen LogP contribution is 2.57. The van der Waals surface area contributed by atoms with Crippen LogP contribution >= 0.6 is 0 Å². The van der Waals surface area contributed by atoms with E-state index in [-0.39, 0.29) is 5.41 Å². The molecule has 30 heavy (non-hydrogen) atoms. The molecular weight excluding hydrogens is 362 g/mol. The minimum atomic E-state index is 0.0376. The maximum atomic E-state index is 10.1. The predicted octanol–water partition coefficient (Wildman–Crippen LogP) is 9.46. The van der Waals surface area contributed by atoms with Gasteiger partial charge in [-0.3, -0.25) is 0 Å². The Kier molecular flexibility index (Phi) is 10.1. The van der Waals surface area contributed by atoms with E-state index in [9.17, 15) is 5.26 Å². The van der Waals surface area contributed by atoms with Gasteiger partial charge < -0.3 is 0 Å². The lowest BCUT2D eigenvalue weighted by molar-refractivity contribution is -0.0181. The average molecular weight is 414 g/mol. The zero-order chi connectivity index (χ0) is 21.2. The third-order valence-corrected chi connectivity index (χ3v) is 9.53. The van der Waals surface area contributed by atoms with Gasteiger partial charge in [-0.25, -0.2) is 0 Å². The lowest BCUT2D eigenvalue weighted by Gasteiger charge is -2.52. The van der Waals surface area contributed by atoms with Gasteiger partial charge in [-0.05, 0) is 81.0 Å². The Morgan fingerprint density at radius 1 is 0.733 bits per heavy atom. The van der Waals surface area contributed by atoms with Gasteiger partial charge in [-0.2, -0.15) is 5.26 Å².